The molecule has 21 heavy (non-hydrogen) atoms. The summed E-state index contributed by atoms with van der Waals surface area (Å²) in [6.45, 7) is 0. The Morgan fingerprint density at radius 2 is 1.90 bits per heavy atom. The zero-order chi connectivity index (χ0) is 15.0. The predicted molar refractivity (Wildman–Crippen MR) is 83.3 cm³/mol. The van der Waals surface area contributed by atoms with Crippen molar-refractivity contribution in [2.75, 3.05) is 20.0 Å². The molecule has 6 heteroatoms. The van der Waals surface area contributed by atoms with Crippen LogP contribution in [0, 0.1) is 0 Å². The molecule has 0 saturated carbocycles. The first-order valence-electron chi connectivity index (χ1n) is 6.18. The first-order valence-corrected chi connectivity index (χ1v) is 7.06. The second kappa shape index (κ2) is 5.14. The highest BCUT2D eigenvalue weighted by molar-refractivity contribution is 7.17. The lowest BCUT2D eigenvalue weighted by Crippen LogP contribution is -2.07. The quantitative estimate of drug-likeness (QED) is 0.804. The van der Waals surface area contributed by atoms with Gasteiger partial charge in [-0.1, -0.05) is 6.07 Å². The van der Waals surface area contributed by atoms with E-state index in [1.807, 2.05) is 0 Å². The Bertz CT molecular complexity index is 866. The smallest absolute Gasteiger partial charge is 0.212 e. The van der Waals surface area contributed by atoms with E-state index in [0.717, 1.165) is 0 Å². The van der Waals surface area contributed by atoms with Gasteiger partial charge in [0, 0.05) is 0 Å². The minimum atomic E-state index is -0.143. The Labute approximate surface area is 124 Å². The maximum Gasteiger partial charge on any atom is 0.212 e. The number of hydrogen-bond acceptors (Lipinski definition) is 6. The molecule has 0 atom stereocenters. The number of nitrogen functional groups attached to an aromatic ring is 1. The Morgan fingerprint density at radius 3 is 2.62 bits per heavy atom. The molecule has 3 rings (SSSR count). The topological polar surface area (TPSA) is 74.7 Å². The summed E-state index contributed by atoms with van der Waals surface area (Å²) in [5.74, 6) is 1.21. The third-order valence-electron chi connectivity index (χ3n) is 3.20. The second-order valence-corrected chi connectivity index (χ2v) is 5.27. The van der Waals surface area contributed by atoms with Gasteiger partial charge in [-0.15, -0.1) is 11.3 Å². The van der Waals surface area contributed by atoms with Crippen molar-refractivity contribution in [3.05, 3.63) is 39.9 Å². The van der Waals surface area contributed by atoms with Crippen LogP contribution in [0.5, 0.6) is 11.5 Å². The van der Waals surface area contributed by atoms with Gasteiger partial charge in [-0.2, -0.15) is 0 Å². The Hall–Kier alpha value is -2.47. The zero-order valence-electron chi connectivity index (χ0n) is 11.5. The highest BCUT2D eigenvalue weighted by atomic mass is 32.1. The van der Waals surface area contributed by atoms with Crippen LogP contribution in [0.1, 0.15) is 0 Å². The maximum absolute atomic E-state index is 12.6. The molecule has 0 aliphatic carbocycles. The summed E-state index contributed by atoms with van der Waals surface area (Å²) < 4.78 is 16.5. The first-order chi connectivity index (χ1) is 10.2. The lowest BCUT2D eigenvalue weighted by atomic mass is 10.1. The van der Waals surface area contributed by atoms with Crippen LogP contribution in [0.2, 0.25) is 0 Å². The van der Waals surface area contributed by atoms with E-state index in [1.165, 1.54) is 18.4 Å². The van der Waals surface area contributed by atoms with Crippen molar-refractivity contribution in [2.24, 2.45) is 0 Å². The standard InChI is InChI=1S/C15H13NO4S/c1-18-9-4-3-8(7-11(9)19-2)12-13(17)14-10(5-6-21-14)20-15(12)16/h3-7H,16H2,1-2H3. The van der Waals surface area contributed by atoms with Crippen LogP contribution in [-0.2, 0) is 0 Å². The van der Waals surface area contributed by atoms with E-state index in [0.29, 0.717) is 32.9 Å². The molecule has 3 aromatic rings. The van der Waals surface area contributed by atoms with Gasteiger partial charge < -0.3 is 19.6 Å². The molecule has 0 radical (unpaired) electrons. The Balaban J connectivity index is 2.27. The fourth-order valence-corrected chi connectivity index (χ4v) is 2.97. The normalized spacial score (nSPS) is 10.8. The molecular weight excluding hydrogens is 290 g/mol. The van der Waals surface area contributed by atoms with Crippen molar-refractivity contribution in [3.8, 4) is 22.6 Å². The summed E-state index contributed by atoms with van der Waals surface area (Å²) in [6.07, 6.45) is 0. The van der Waals surface area contributed by atoms with Gasteiger partial charge in [0.1, 0.15) is 4.70 Å². The third-order valence-corrected chi connectivity index (χ3v) is 4.10. The highest BCUT2D eigenvalue weighted by Crippen LogP contribution is 2.34. The van der Waals surface area contributed by atoms with Gasteiger partial charge in [0.15, 0.2) is 17.1 Å². The fourth-order valence-electron chi connectivity index (χ4n) is 2.20. The lowest BCUT2D eigenvalue weighted by Gasteiger charge is -2.10. The summed E-state index contributed by atoms with van der Waals surface area (Å²) in [4.78, 5) is 12.6. The molecule has 0 spiro atoms. The van der Waals surface area contributed by atoms with Crippen LogP contribution in [0.15, 0.2) is 38.9 Å². The van der Waals surface area contributed by atoms with Crippen LogP contribution in [0.3, 0.4) is 0 Å². The van der Waals surface area contributed by atoms with E-state index in [-0.39, 0.29) is 11.3 Å². The van der Waals surface area contributed by atoms with E-state index in [1.54, 1.807) is 36.8 Å². The van der Waals surface area contributed by atoms with Crippen LogP contribution in [0.4, 0.5) is 5.88 Å². The van der Waals surface area contributed by atoms with Crippen LogP contribution in [-0.4, -0.2) is 14.2 Å². The van der Waals surface area contributed by atoms with Crippen molar-refractivity contribution in [2.45, 2.75) is 0 Å². The fraction of sp³-hybridized carbons (Fsp3) is 0.133. The molecule has 5 nitrogen and oxygen atoms in total. The molecule has 2 aromatic heterocycles. The maximum atomic E-state index is 12.6. The first kappa shape index (κ1) is 13.5. The molecule has 0 unspecified atom stereocenters. The molecule has 0 amide bonds. The van der Waals surface area contributed by atoms with Crippen molar-refractivity contribution >= 4 is 27.5 Å². The number of rotatable bonds is 3. The molecule has 0 bridgehead atoms. The average molecular weight is 303 g/mol. The highest BCUT2D eigenvalue weighted by Gasteiger charge is 2.16. The molecule has 2 heterocycles. The van der Waals surface area contributed by atoms with Crippen LogP contribution in [0.25, 0.3) is 21.4 Å². The third kappa shape index (κ3) is 2.13. The number of ether oxygens (including phenoxy) is 2. The van der Waals surface area contributed by atoms with Gasteiger partial charge in [0.05, 0.1) is 19.8 Å². The van der Waals surface area contributed by atoms with E-state index in [4.69, 9.17) is 19.6 Å². The summed E-state index contributed by atoms with van der Waals surface area (Å²) in [6, 6.07) is 6.92. The number of fused-ring (bicyclic) bond motifs is 1. The van der Waals surface area contributed by atoms with Gasteiger partial charge in [-0.25, -0.2) is 0 Å². The van der Waals surface area contributed by atoms with E-state index in [2.05, 4.69) is 0 Å². The molecule has 108 valence electrons. The van der Waals surface area contributed by atoms with Gasteiger partial charge in [0.2, 0.25) is 11.3 Å². The minimum absolute atomic E-state index is 0.0955. The summed E-state index contributed by atoms with van der Waals surface area (Å²) in [5.41, 5.74) is 7.24. The number of benzene rings is 1. The largest absolute Gasteiger partial charge is 0.493 e. The van der Waals surface area contributed by atoms with Crippen molar-refractivity contribution in [3.63, 3.8) is 0 Å². The van der Waals surface area contributed by atoms with Crippen molar-refractivity contribution < 1.29 is 13.9 Å². The number of nitrogens with two attached hydrogens (primary N) is 1. The van der Waals surface area contributed by atoms with Gasteiger partial charge in [0.25, 0.3) is 0 Å². The average Bonchev–Trinajstić information content (AvgIpc) is 2.95. The molecule has 2 N–H and O–H groups in total. The molecular formula is C15H13NO4S. The number of thiophene rings is 1. The van der Waals surface area contributed by atoms with E-state index >= 15 is 0 Å². The number of methoxy groups -OCH3 is 2. The predicted octanol–water partition coefficient (Wildman–Crippen LogP) is 3.12. The summed E-state index contributed by atoms with van der Waals surface area (Å²) >= 11 is 1.33. The SMILES string of the molecule is COc1ccc(-c2c(N)oc3ccsc3c2=O)cc1OC. The van der Waals surface area contributed by atoms with Crippen molar-refractivity contribution in [1.82, 2.24) is 0 Å². The molecule has 0 aliphatic rings. The Kier molecular flexibility index (Phi) is 3.31. The number of hydrogen-bond donors (Lipinski definition) is 1. The van der Waals surface area contributed by atoms with E-state index < -0.39 is 0 Å². The summed E-state index contributed by atoms with van der Waals surface area (Å²) in [5, 5.41) is 1.80. The minimum Gasteiger partial charge on any atom is -0.493 e. The lowest BCUT2D eigenvalue weighted by molar-refractivity contribution is 0.355. The molecule has 1 aromatic carbocycles. The van der Waals surface area contributed by atoms with Crippen LogP contribution < -0.4 is 20.6 Å². The second-order valence-electron chi connectivity index (χ2n) is 4.35. The van der Waals surface area contributed by atoms with Gasteiger partial charge in [-0.3, -0.25) is 4.79 Å². The monoisotopic (exact) mass is 303 g/mol. The van der Waals surface area contributed by atoms with E-state index in [9.17, 15) is 4.79 Å². The number of anilines is 1. The Morgan fingerprint density at radius 1 is 1.14 bits per heavy atom. The molecule has 0 saturated heterocycles. The van der Waals surface area contributed by atoms with Crippen LogP contribution >= 0.6 is 11.3 Å². The molecule has 0 aliphatic heterocycles. The van der Waals surface area contributed by atoms with Crippen molar-refractivity contribution in [1.29, 1.82) is 0 Å². The zero-order valence-corrected chi connectivity index (χ0v) is 12.3. The molecule has 0 fully saturated rings. The van der Waals surface area contributed by atoms with Gasteiger partial charge in [-0.05, 0) is 29.1 Å². The van der Waals surface area contributed by atoms with Gasteiger partial charge >= 0.3 is 0 Å². The summed E-state index contributed by atoms with van der Waals surface area (Å²) in [7, 11) is 3.09.